The van der Waals surface area contributed by atoms with Gasteiger partial charge in [0, 0.05) is 13.0 Å². The number of amides is 1. The SMILES string of the molecule is Cc1ccc(CN(C)C(=O)C2CCC2)o1. The zero-order valence-corrected chi connectivity index (χ0v) is 9.32. The van der Waals surface area contributed by atoms with Crippen LogP contribution in [-0.4, -0.2) is 17.9 Å². The van der Waals surface area contributed by atoms with Crippen LogP contribution in [0.3, 0.4) is 0 Å². The molecule has 82 valence electrons. The van der Waals surface area contributed by atoms with E-state index >= 15 is 0 Å². The summed E-state index contributed by atoms with van der Waals surface area (Å²) in [7, 11) is 1.85. The first-order valence-electron chi connectivity index (χ1n) is 5.47. The zero-order valence-electron chi connectivity index (χ0n) is 9.32. The smallest absolute Gasteiger partial charge is 0.225 e. The molecular weight excluding hydrogens is 190 g/mol. The van der Waals surface area contributed by atoms with Gasteiger partial charge < -0.3 is 9.32 Å². The Morgan fingerprint density at radius 1 is 1.53 bits per heavy atom. The minimum absolute atomic E-state index is 0.260. The van der Waals surface area contributed by atoms with Crippen LogP contribution in [0.2, 0.25) is 0 Å². The summed E-state index contributed by atoms with van der Waals surface area (Å²) in [6.07, 6.45) is 3.31. The average molecular weight is 207 g/mol. The number of carbonyl (C=O) groups is 1. The van der Waals surface area contributed by atoms with E-state index in [9.17, 15) is 4.79 Å². The molecular formula is C12H17NO2. The van der Waals surface area contributed by atoms with Crippen molar-refractivity contribution in [2.24, 2.45) is 5.92 Å². The van der Waals surface area contributed by atoms with Crippen LogP contribution in [0.1, 0.15) is 30.8 Å². The van der Waals surface area contributed by atoms with E-state index < -0.39 is 0 Å². The van der Waals surface area contributed by atoms with Gasteiger partial charge in [-0.15, -0.1) is 0 Å². The fourth-order valence-corrected chi connectivity index (χ4v) is 1.85. The van der Waals surface area contributed by atoms with Gasteiger partial charge >= 0.3 is 0 Å². The fraction of sp³-hybridized carbons (Fsp3) is 0.583. The normalized spacial score (nSPS) is 16.1. The van der Waals surface area contributed by atoms with Crippen molar-refractivity contribution in [1.82, 2.24) is 4.90 Å². The monoisotopic (exact) mass is 207 g/mol. The quantitative estimate of drug-likeness (QED) is 0.762. The van der Waals surface area contributed by atoms with Gasteiger partial charge in [0.15, 0.2) is 0 Å². The average Bonchev–Trinajstić information content (AvgIpc) is 2.48. The van der Waals surface area contributed by atoms with Gasteiger partial charge in [0.1, 0.15) is 11.5 Å². The van der Waals surface area contributed by atoms with Crippen molar-refractivity contribution in [2.75, 3.05) is 7.05 Å². The number of hydrogen-bond acceptors (Lipinski definition) is 2. The molecule has 3 nitrogen and oxygen atoms in total. The lowest BCUT2D eigenvalue weighted by atomic mass is 9.84. The molecule has 0 unspecified atom stereocenters. The molecule has 1 fully saturated rings. The maximum Gasteiger partial charge on any atom is 0.225 e. The molecule has 1 aromatic heterocycles. The Bertz CT molecular complexity index is 352. The van der Waals surface area contributed by atoms with Crippen molar-refractivity contribution in [3.63, 3.8) is 0 Å². The lowest BCUT2D eigenvalue weighted by molar-refractivity contribution is -0.137. The Hall–Kier alpha value is -1.25. The first kappa shape index (κ1) is 10.3. The standard InChI is InChI=1S/C12H17NO2/c1-9-6-7-11(15-9)8-13(2)12(14)10-4-3-5-10/h6-7,10H,3-5,8H2,1-2H3. The second kappa shape index (κ2) is 4.09. The van der Waals surface area contributed by atoms with Crippen LogP contribution >= 0.6 is 0 Å². The Morgan fingerprint density at radius 3 is 2.73 bits per heavy atom. The van der Waals surface area contributed by atoms with Crippen LogP contribution in [0.5, 0.6) is 0 Å². The van der Waals surface area contributed by atoms with Gasteiger partial charge in [0.25, 0.3) is 0 Å². The Morgan fingerprint density at radius 2 is 2.27 bits per heavy atom. The van der Waals surface area contributed by atoms with E-state index in [-0.39, 0.29) is 11.8 Å². The number of furan rings is 1. The van der Waals surface area contributed by atoms with Crippen LogP contribution in [0.15, 0.2) is 16.5 Å². The van der Waals surface area contributed by atoms with Crippen LogP contribution < -0.4 is 0 Å². The maximum absolute atomic E-state index is 11.8. The molecule has 2 rings (SSSR count). The Kier molecular flexibility index (Phi) is 2.80. The van der Waals surface area contributed by atoms with E-state index in [1.165, 1.54) is 6.42 Å². The zero-order chi connectivity index (χ0) is 10.8. The van der Waals surface area contributed by atoms with Crippen molar-refractivity contribution in [3.05, 3.63) is 23.7 Å². The number of aryl methyl sites for hydroxylation is 1. The van der Waals surface area contributed by atoms with Gasteiger partial charge in [-0.2, -0.15) is 0 Å². The molecule has 1 aliphatic rings. The minimum atomic E-state index is 0.260. The Balaban J connectivity index is 1.91. The molecule has 3 heteroatoms. The summed E-state index contributed by atoms with van der Waals surface area (Å²) in [6, 6.07) is 3.86. The van der Waals surface area contributed by atoms with Crippen molar-refractivity contribution >= 4 is 5.91 Å². The number of rotatable bonds is 3. The van der Waals surface area contributed by atoms with Crippen LogP contribution in [0.25, 0.3) is 0 Å². The molecule has 0 N–H and O–H groups in total. The lowest BCUT2D eigenvalue weighted by Crippen LogP contribution is -2.35. The minimum Gasteiger partial charge on any atom is -0.464 e. The van der Waals surface area contributed by atoms with E-state index in [1.54, 1.807) is 4.90 Å². The van der Waals surface area contributed by atoms with E-state index in [4.69, 9.17) is 4.42 Å². The van der Waals surface area contributed by atoms with Crippen molar-refractivity contribution in [1.29, 1.82) is 0 Å². The summed E-state index contributed by atoms with van der Waals surface area (Å²) >= 11 is 0. The highest BCUT2D eigenvalue weighted by atomic mass is 16.3. The molecule has 1 aromatic rings. The maximum atomic E-state index is 11.8. The Labute approximate surface area is 90.1 Å². The molecule has 1 saturated carbocycles. The van der Waals surface area contributed by atoms with Crippen LogP contribution in [-0.2, 0) is 11.3 Å². The summed E-state index contributed by atoms with van der Waals surface area (Å²) in [5, 5.41) is 0. The summed E-state index contributed by atoms with van der Waals surface area (Å²) in [6.45, 7) is 2.50. The number of hydrogen-bond donors (Lipinski definition) is 0. The van der Waals surface area contributed by atoms with Gasteiger partial charge in [0.2, 0.25) is 5.91 Å². The van der Waals surface area contributed by atoms with Crippen molar-refractivity contribution in [3.8, 4) is 0 Å². The molecule has 0 bridgehead atoms. The molecule has 15 heavy (non-hydrogen) atoms. The van der Waals surface area contributed by atoms with Gasteiger partial charge in [-0.05, 0) is 31.9 Å². The van der Waals surface area contributed by atoms with Gasteiger partial charge in [-0.3, -0.25) is 4.79 Å². The van der Waals surface area contributed by atoms with Gasteiger partial charge in [-0.25, -0.2) is 0 Å². The summed E-state index contributed by atoms with van der Waals surface area (Å²) in [5.41, 5.74) is 0. The molecule has 0 aromatic carbocycles. The number of nitrogens with zero attached hydrogens (tertiary/aromatic N) is 1. The molecule has 1 aliphatic carbocycles. The van der Waals surface area contributed by atoms with E-state index in [0.717, 1.165) is 24.4 Å². The molecule has 0 radical (unpaired) electrons. The van der Waals surface area contributed by atoms with Crippen molar-refractivity contribution in [2.45, 2.75) is 32.7 Å². The van der Waals surface area contributed by atoms with Crippen LogP contribution in [0, 0.1) is 12.8 Å². The summed E-state index contributed by atoms with van der Waals surface area (Å²) in [4.78, 5) is 13.6. The van der Waals surface area contributed by atoms with Crippen molar-refractivity contribution < 1.29 is 9.21 Å². The third-order valence-electron chi connectivity index (χ3n) is 3.02. The van der Waals surface area contributed by atoms with Gasteiger partial charge in [0.05, 0.1) is 6.54 Å². The highest BCUT2D eigenvalue weighted by Crippen LogP contribution is 2.28. The van der Waals surface area contributed by atoms with E-state index in [1.807, 2.05) is 26.1 Å². The number of carbonyl (C=O) groups excluding carboxylic acids is 1. The highest BCUT2D eigenvalue weighted by molar-refractivity contribution is 5.79. The first-order chi connectivity index (χ1) is 7.16. The predicted molar refractivity (Wildman–Crippen MR) is 57.3 cm³/mol. The largest absolute Gasteiger partial charge is 0.464 e. The first-order valence-corrected chi connectivity index (χ1v) is 5.47. The molecule has 0 aliphatic heterocycles. The lowest BCUT2D eigenvalue weighted by Gasteiger charge is -2.28. The predicted octanol–water partition coefficient (Wildman–Crippen LogP) is 2.35. The van der Waals surface area contributed by atoms with Gasteiger partial charge in [-0.1, -0.05) is 6.42 Å². The molecule has 0 saturated heterocycles. The highest BCUT2D eigenvalue weighted by Gasteiger charge is 2.27. The molecule has 1 amide bonds. The third-order valence-corrected chi connectivity index (χ3v) is 3.02. The fourth-order valence-electron chi connectivity index (χ4n) is 1.85. The topological polar surface area (TPSA) is 33.5 Å². The summed E-state index contributed by atoms with van der Waals surface area (Å²) < 4.78 is 5.44. The third kappa shape index (κ3) is 2.22. The molecule has 0 atom stereocenters. The second-order valence-corrected chi connectivity index (χ2v) is 4.33. The van der Waals surface area contributed by atoms with E-state index in [0.29, 0.717) is 6.54 Å². The molecule has 0 spiro atoms. The van der Waals surface area contributed by atoms with E-state index in [2.05, 4.69) is 0 Å². The second-order valence-electron chi connectivity index (χ2n) is 4.33. The molecule has 1 heterocycles. The summed E-state index contributed by atoms with van der Waals surface area (Å²) in [5.74, 6) is 2.29. The van der Waals surface area contributed by atoms with Crippen LogP contribution in [0.4, 0.5) is 0 Å².